The molecule has 3 aliphatic rings. The lowest BCUT2D eigenvalue weighted by molar-refractivity contribution is -0.128. The fourth-order valence-corrected chi connectivity index (χ4v) is 8.85. The van der Waals surface area contributed by atoms with Gasteiger partial charge in [0, 0.05) is 67.1 Å². The van der Waals surface area contributed by atoms with E-state index in [-0.39, 0.29) is 43.7 Å². The van der Waals surface area contributed by atoms with E-state index < -0.39 is 17.9 Å². The number of ether oxygens (including phenoxy) is 4. The number of aldehydes is 1. The predicted octanol–water partition coefficient (Wildman–Crippen LogP) is 7.86. The number of hydrogen-bond acceptors (Lipinski definition) is 12. The number of likely N-dealkylation sites (N-methyl/N-ethyl adjacent to an activating group) is 1. The third kappa shape index (κ3) is 11.0. The van der Waals surface area contributed by atoms with E-state index >= 15 is 0 Å². The smallest absolute Gasteiger partial charge is 0.261 e. The number of unbranched alkanes of at least 4 members (excludes halogenated alkanes) is 2. The summed E-state index contributed by atoms with van der Waals surface area (Å²) in [6, 6.07) is 26.7. The average Bonchev–Trinajstić information content (AvgIpc) is 3.87. The van der Waals surface area contributed by atoms with Gasteiger partial charge in [0.1, 0.15) is 19.3 Å². The Balaban J connectivity index is 1.02. The lowest BCUT2D eigenvalue weighted by Gasteiger charge is -2.22. The van der Waals surface area contributed by atoms with Crippen molar-refractivity contribution in [3.05, 3.63) is 124 Å². The maximum absolute atomic E-state index is 14.0. The van der Waals surface area contributed by atoms with Crippen LogP contribution in [-0.2, 0) is 40.4 Å². The van der Waals surface area contributed by atoms with Gasteiger partial charge in [-0.15, -0.1) is 0 Å². The zero-order chi connectivity index (χ0) is 49.3. The van der Waals surface area contributed by atoms with Crippen LogP contribution >= 0.6 is 0 Å². The second-order valence-corrected chi connectivity index (χ2v) is 17.5. The van der Waals surface area contributed by atoms with Crippen molar-refractivity contribution in [2.75, 3.05) is 42.9 Å². The number of fused-ring (bicyclic) bond motifs is 5. The molecule has 0 spiro atoms. The molecule has 16 nitrogen and oxygen atoms in total. The van der Waals surface area contributed by atoms with E-state index in [2.05, 4.69) is 33.0 Å². The third-order valence-electron chi connectivity index (χ3n) is 12.6. The average molecular weight is 948 g/mol. The first-order chi connectivity index (χ1) is 34.0. The van der Waals surface area contributed by atoms with E-state index in [0.29, 0.717) is 75.2 Å². The first-order valence-corrected chi connectivity index (χ1v) is 23.4. The Morgan fingerprint density at radius 2 is 1.50 bits per heavy atom. The van der Waals surface area contributed by atoms with Crippen LogP contribution in [0.3, 0.4) is 0 Å². The van der Waals surface area contributed by atoms with Crippen LogP contribution in [0.5, 0.6) is 23.0 Å². The van der Waals surface area contributed by atoms with Gasteiger partial charge in [0.2, 0.25) is 17.7 Å². The second kappa shape index (κ2) is 22.0. The maximum atomic E-state index is 14.0. The molecular weight excluding hydrogens is 891 g/mol. The number of hydrogen-bond donors (Lipinski definition) is 3. The van der Waals surface area contributed by atoms with Gasteiger partial charge >= 0.3 is 0 Å². The summed E-state index contributed by atoms with van der Waals surface area (Å²) in [7, 11) is 5.00. The Hall–Kier alpha value is -8.01. The fourth-order valence-electron chi connectivity index (χ4n) is 8.85. The van der Waals surface area contributed by atoms with Crippen LogP contribution in [0.15, 0.2) is 101 Å². The molecule has 5 aromatic carbocycles. The molecule has 16 heteroatoms. The quantitative estimate of drug-likeness (QED) is 0.0394. The summed E-state index contributed by atoms with van der Waals surface area (Å²) in [6.07, 6.45) is 8.72. The van der Waals surface area contributed by atoms with Gasteiger partial charge in [0.25, 0.3) is 5.91 Å². The van der Waals surface area contributed by atoms with Crippen LogP contribution in [0.4, 0.5) is 28.4 Å². The molecular formula is C54H57N7O9. The Morgan fingerprint density at radius 3 is 2.19 bits per heavy atom. The molecule has 0 aromatic heterocycles. The molecule has 0 bridgehead atoms. The van der Waals surface area contributed by atoms with Crippen LogP contribution in [0.25, 0.3) is 0 Å². The van der Waals surface area contributed by atoms with Crippen LogP contribution in [-0.4, -0.2) is 88.3 Å². The highest BCUT2D eigenvalue weighted by Crippen LogP contribution is 2.42. The SMILES string of the molecule is CCCCCC(=O)NCC(=O)NC(C)C(=O)Nc1cc(COc2cc(N=CC3Cc4ccccc4N3C)c(C=O)cc2OC)cc(COc2cc3c(cc2OC)C(=O)N2c4ccccc4C[C@H]2C=N3)c1. The minimum absolute atomic E-state index is 0.00835. The van der Waals surface area contributed by atoms with Crippen molar-refractivity contribution < 1.29 is 42.9 Å². The Bertz CT molecular complexity index is 2860. The number of para-hydroxylation sites is 2. The molecule has 3 aliphatic heterocycles. The highest BCUT2D eigenvalue weighted by molar-refractivity contribution is 6.14. The van der Waals surface area contributed by atoms with Crippen molar-refractivity contribution in [2.45, 2.75) is 83.7 Å². The molecule has 0 fully saturated rings. The predicted molar refractivity (Wildman–Crippen MR) is 269 cm³/mol. The van der Waals surface area contributed by atoms with Crippen molar-refractivity contribution in [2.24, 2.45) is 9.98 Å². The van der Waals surface area contributed by atoms with Gasteiger partial charge in [-0.2, -0.15) is 0 Å². The van der Waals surface area contributed by atoms with Crippen molar-refractivity contribution in [3.8, 4) is 23.0 Å². The number of nitrogens with zero attached hydrogens (tertiary/aromatic N) is 4. The summed E-state index contributed by atoms with van der Waals surface area (Å²) in [5.74, 6) is -0.105. The molecule has 4 amide bonds. The minimum Gasteiger partial charge on any atom is -0.493 e. The summed E-state index contributed by atoms with van der Waals surface area (Å²) < 4.78 is 24.2. The van der Waals surface area contributed by atoms with Crippen molar-refractivity contribution in [3.63, 3.8) is 0 Å². The number of aliphatic imine (C=N–C) groups is 2. The standard InChI is InChI=1S/C54H57N7O9/c1-6-7-8-17-51(63)57-29-52(64)58-33(2)53(65)59-39-19-34(31-69-49-25-43(38(30-62)23-47(49)67-4)55-27-40-21-36-13-9-11-15-45(36)60(40)3)18-35(20-39)32-70-50-26-44-42(24-48(50)68-5)54(66)61-41(28-56-44)22-37-14-10-12-16-46(37)61/h9-16,18-20,23-28,30,33,40-41H,6-8,17,21-22,29,31-32H2,1-5H3,(H,57,63)(H,58,64)(H,59,65)/t33?,40?,41-/m0/s1. The van der Waals surface area contributed by atoms with Gasteiger partial charge in [0.15, 0.2) is 29.3 Å². The normalized spacial score (nSPS) is 15.8. The van der Waals surface area contributed by atoms with Gasteiger partial charge in [-0.1, -0.05) is 56.2 Å². The molecule has 0 aliphatic carbocycles. The van der Waals surface area contributed by atoms with Crippen molar-refractivity contribution in [1.29, 1.82) is 0 Å². The lowest BCUT2D eigenvalue weighted by atomic mass is 10.1. The van der Waals surface area contributed by atoms with Crippen molar-refractivity contribution in [1.82, 2.24) is 10.6 Å². The molecule has 3 atom stereocenters. The van der Waals surface area contributed by atoms with Crippen LogP contribution in [0.2, 0.25) is 0 Å². The van der Waals surface area contributed by atoms with Gasteiger partial charge < -0.3 is 39.8 Å². The first kappa shape index (κ1) is 48.4. The van der Waals surface area contributed by atoms with Gasteiger partial charge in [-0.25, -0.2) is 0 Å². The summed E-state index contributed by atoms with van der Waals surface area (Å²) in [5, 5.41) is 8.16. The number of carbonyl (C=O) groups is 5. The topological polar surface area (TPSA) is 190 Å². The zero-order valence-electron chi connectivity index (χ0n) is 40.0. The van der Waals surface area contributed by atoms with Crippen LogP contribution in [0.1, 0.15) is 82.5 Å². The van der Waals surface area contributed by atoms with Gasteiger partial charge in [-0.05, 0) is 84.5 Å². The number of methoxy groups -OCH3 is 2. The van der Waals surface area contributed by atoms with Gasteiger partial charge in [0.05, 0.1) is 49.8 Å². The van der Waals surface area contributed by atoms with Crippen molar-refractivity contribution >= 4 is 70.8 Å². The highest BCUT2D eigenvalue weighted by Gasteiger charge is 2.36. The summed E-state index contributed by atoms with van der Waals surface area (Å²) in [6.45, 7) is 3.31. The summed E-state index contributed by atoms with van der Waals surface area (Å²) in [4.78, 5) is 78.2. The number of rotatable bonds is 20. The molecule has 0 saturated heterocycles. The fraction of sp³-hybridized carbons (Fsp3) is 0.315. The Kier molecular flexibility index (Phi) is 15.2. The number of benzene rings is 5. The van der Waals surface area contributed by atoms with Gasteiger partial charge in [-0.3, -0.25) is 38.9 Å². The summed E-state index contributed by atoms with van der Waals surface area (Å²) >= 11 is 0. The molecule has 362 valence electrons. The Morgan fingerprint density at radius 1 is 0.829 bits per heavy atom. The Labute approximate surface area is 407 Å². The number of amides is 4. The second-order valence-electron chi connectivity index (χ2n) is 17.5. The molecule has 2 unspecified atom stereocenters. The molecule has 3 heterocycles. The molecule has 5 aromatic rings. The minimum atomic E-state index is -0.960. The highest BCUT2D eigenvalue weighted by atomic mass is 16.5. The van der Waals surface area contributed by atoms with Crippen LogP contribution < -0.4 is 44.7 Å². The van der Waals surface area contributed by atoms with Crippen LogP contribution in [0, 0.1) is 0 Å². The lowest BCUT2D eigenvalue weighted by Crippen LogP contribution is -2.45. The largest absolute Gasteiger partial charge is 0.493 e. The third-order valence-corrected chi connectivity index (χ3v) is 12.6. The number of nitrogens with one attached hydrogen (secondary N) is 3. The number of carbonyl (C=O) groups excluding carboxylic acids is 5. The van der Waals surface area contributed by atoms with E-state index in [9.17, 15) is 24.0 Å². The van der Waals surface area contributed by atoms with E-state index in [4.69, 9.17) is 28.9 Å². The van der Waals surface area contributed by atoms with E-state index in [1.54, 1.807) is 54.4 Å². The first-order valence-electron chi connectivity index (χ1n) is 23.4. The van der Waals surface area contributed by atoms with E-state index in [0.717, 1.165) is 48.9 Å². The molecule has 0 radical (unpaired) electrons. The molecule has 0 saturated carbocycles. The van der Waals surface area contributed by atoms with E-state index in [1.165, 1.54) is 19.8 Å². The molecule has 70 heavy (non-hydrogen) atoms. The van der Waals surface area contributed by atoms with E-state index in [1.807, 2.05) is 62.7 Å². The number of anilines is 3. The maximum Gasteiger partial charge on any atom is 0.261 e. The molecule has 8 rings (SSSR count). The molecule has 3 N–H and O–H groups in total. The zero-order valence-corrected chi connectivity index (χ0v) is 40.0. The summed E-state index contributed by atoms with van der Waals surface area (Å²) in [5.41, 5.74) is 7.46. The monoisotopic (exact) mass is 947 g/mol.